The first kappa shape index (κ1) is 31.2. The van der Waals surface area contributed by atoms with E-state index in [4.69, 9.17) is 33.2 Å². The predicted molar refractivity (Wildman–Crippen MR) is 161 cm³/mol. The van der Waals surface area contributed by atoms with Crippen molar-refractivity contribution in [2.24, 2.45) is 0 Å². The fourth-order valence-electron chi connectivity index (χ4n) is 4.22. The molecule has 0 heterocycles. The van der Waals surface area contributed by atoms with Gasteiger partial charge >= 0.3 is 0 Å². The molecule has 10 heteroatoms. The zero-order valence-corrected chi connectivity index (χ0v) is 25.6. The van der Waals surface area contributed by atoms with Crippen molar-refractivity contribution < 1.29 is 43.1 Å². The quantitative estimate of drug-likeness (QED) is 0.131. The molecule has 3 aromatic rings. The Bertz CT molecular complexity index is 1440. The van der Waals surface area contributed by atoms with Crippen molar-refractivity contribution in [2.75, 3.05) is 49.8 Å². The van der Waals surface area contributed by atoms with Crippen molar-refractivity contribution in [1.29, 1.82) is 0 Å². The topological polar surface area (TPSA) is 102 Å². The second kappa shape index (κ2) is 14.4. The number of hydrogen-bond acceptors (Lipinski definition) is 9. The van der Waals surface area contributed by atoms with E-state index in [1.165, 1.54) is 34.5 Å². The number of phenolic OH excluding ortho intramolecular Hbond substituents is 1. The average molecular weight is 630 g/mol. The molecule has 0 bridgehead atoms. The molecule has 0 unspecified atom stereocenters. The van der Waals surface area contributed by atoms with Crippen LogP contribution in [0.25, 0.3) is 12.2 Å². The van der Waals surface area contributed by atoms with E-state index in [-0.39, 0.29) is 18.0 Å². The van der Waals surface area contributed by atoms with E-state index in [1.807, 2.05) is 30.4 Å². The second-order valence-corrected chi connectivity index (χ2v) is 9.25. The number of carbonyl (C=O) groups excluding carboxylic acids is 1. The van der Waals surface area contributed by atoms with Crippen LogP contribution in [0.15, 0.2) is 47.0 Å². The largest absolute Gasteiger partial charge is 0.504 e. The highest BCUT2D eigenvalue weighted by Gasteiger charge is 2.22. The first-order chi connectivity index (χ1) is 19.8. The number of ether oxygens (including phenoxy) is 7. The summed E-state index contributed by atoms with van der Waals surface area (Å²) in [5.41, 5.74) is 2.41. The zero-order chi connectivity index (χ0) is 30.1. The van der Waals surface area contributed by atoms with Gasteiger partial charge in [-0.15, -0.1) is 0 Å². The fraction of sp³-hybridized carbons (Fsp3) is 0.258. The van der Waals surface area contributed by atoms with E-state index < -0.39 is 0 Å². The Morgan fingerprint density at radius 2 is 1.29 bits per heavy atom. The summed E-state index contributed by atoms with van der Waals surface area (Å²) < 4.78 is 38.2. The lowest BCUT2D eigenvalue weighted by molar-refractivity contribution is 0.104. The number of halogens is 1. The van der Waals surface area contributed by atoms with Crippen molar-refractivity contribution in [3.63, 3.8) is 0 Å². The molecule has 218 valence electrons. The first-order valence-electron chi connectivity index (χ1n) is 12.3. The van der Waals surface area contributed by atoms with Crippen molar-refractivity contribution in [2.45, 2.75) is 6.42 Å². The Morgan fingerprint density at radius 3 is 1.83 bits per heavy atom. The molecule has 0 aliphatic rings. The monoisotopic (exact) mass is 628 g/mol. The van der Waals surface area contributed by atoms with E-state index in [9.17, 15) is 9.90 Å². The molecule has 3 rings (SSSR count). The second-order valence-electron chi connectivity index (χ2n) is 8.45. The lowest BCUT2D eigenvalue weighted by Crippen LogP contribution is -2.03. The zero-order valence-electron chi connectivity index (χ0n) is 24.0. The highest BCUT2D eigenvalue weighted by Crippen LogP contribution is 2.45. The van der Waals surface area contributed by atoms with Crippen LogP contribution in [0.4, 0.5) is 0 Å². The van der Waals surface area contributed by atoms with E-state index in [1.54, 1.807) is 39.5 Å². The van der Waals surface area contributed by atoms with E-state index >= 15 is 0 Å². The van der Waals surface area contributed by atoms with Crippen LogP contribution in [0.3, 0.4) is 0 Å². The first-order valence-corrected chi connectivity index (χ1v) is 13.1. The number of ketones is 1. The predicted octanol–water partition coefficient (Wildman–Crippen LogP) is 6.37. The third kappa shape index (κ3) is 6.71. The van der Waals surface area contributed by atoms with Gasteiger partial charge in [-0.05, 0) is 63.8 Å². The number of carbonyl (C=O) groups is 1. The molecule has 0 saturated carbocycles. The van der Waals surface area contributed by atoms with Gasteiger partial charge in [-0.2, -0.15) is 0 Å². The lowest BCUT2D eigenvalue weighted by atomic mass is 10.00. The van der Waals surface area contributed by atoms with Gasteiger partial charge < -0.3 is 38.3 Å². The number of allylic oxidation sites excluding steroid dienone is 2. The maximum Gasteiger partial charge on any atom is 0.204 e. The standard InChI is InChI=1S/C31H33BrO9/c1-35-23-14-13-19(12-11-18-15-24(36-2)29(39-5)25(16-18)37-3)20(28(23)34)9-8-10-22(33)21-17-26(38-4)30(40-6)31(41-7)27(21)32/h8,10-17,34H,9H2,1-7H3/b10-8-,12-11-. The molecule has 0 aliphatic carbocycles. The molecular formula is C31H33BrO9. The van der Waals surface area contributed by atoms with Crippen molar-refractivity contribution in [3.8, 4) is 46.0 Å². The van der Waals surface area contributed by atoms with Gasteiger partial charge in [-0.25, -0.2) is 0 Å². The minimum absolute atomic E-state index is 0.0226. The fourth-order valence-corrected chi connectivity index (χ4v) is 4.88. The maximum atomic E-state index is 13.2. The molecule has 1 N–H and O–H groups in total. The van der Waals surface area contributed by atoms with Gasteiger partial charge in [0, 0.05) is 11.1 Å². The van der Waals surface area contributed by atoms with Crippen LogP contribution in [0.5, 0.6) is 46.0 Å². The molecule has 9 nitrogen and oxygen atoms in total. The molecule has 41 heavy (non-hydrogen) atoms. The van der Waals surface area contributed by atoms with Crippen LogP contribution in [0, 0.1) is 0 Å². The van der Waals surface area contributed by atoms with Gasteiger partial charge in [-0.1, -0.05) is 24.3 Å². The molecule has 0 atom stereocenters. The highest BCUT2D eigenvalue weighted by atomic mass is 79.9. The molecule has 0 spiro atoms. The number of benzene rings is 3. The Hall–Kier alpha value is -4.31. The van der Waals surface area contributed by atoms with Crippen LogP contribution in [0.2, 0.25) is 0 Å². The van der Waals surface area contributed by atoms with Gasteiger partial charge in [0.05, 0.1) is 54.2 Å². The average Bonchev–Trinajstić information content (AvgIpc) is 2.99. The summed E-state index contributed by atoms with van der Waals surface area (Å²) in [6, 6.07) is 8.71. The normalized spacial score (nSPS) is 11.0. The number of methoxy groups -OCH3 is 7. The molecule has 3 aromatic carbocycles. The van der Waals surface area contributed by atoms with Gasteiger partial charge in [0.25, 0.3) is 0 Å². The summed E-state index contributed by atoms with van der Waals surface area (Å²) in [5, 5.41) is 10.9. The van der Waals surface area contributed by atoms with Crippen LogP contribution < -0.4 is 33.2 Å². The third-order valence-corrected chi connectivity index (χ3v) is 7.06. The molecule has 0 fully saturated rings. The van der Waals surface area contributed by atoms with Crippen molar-refractivity contribution >= 4 is 33.9 Å². The Balaban J connectivity index is 1.96. The van der Waals surface area contributed by atoms with Crippen LogP contribution in [-0.4, -0.2) is 60.7 Å². The molecule has 0 aliphatic heterocycles. The highest BCUT2D eigenvalue weighted by molar-refractivity contribution is 9.10. The van der Waals surface area contributed by atoms with Crippen LogP contribution in [-0.2, 0) is 6.42 Å². The maximum absolute atomic E-state index is 13.2. The number of phenols is 1. The summed E-state index contributed by atoms with van der Waals surface area (Å²) in [5.74, 6) is 2.58. The Morgan fingerprint density at radius 1 is 0.732 bits per heavy atom. The van der Waals surface area contributed by atoms with Gasteiger partial charge in [0.2, 0.25) is 11.5 Å². The van der Waals surface area contributed by atoms with E-state index in [2.05, 4.69) is 15.9 Å². The summed E-state index contributed by atoms with van der Waals surface area (Å²) >= 11 is 3.44. The molecule has 0 saturated heterocycles. The summed E-state index contributed by atoms with van der Waals surface area (Å²) in [6.07, 6.45) is 7.05. The molecular weight excluding hydrogens is 596 g/mol. The SMILES string of the molecule is COc1ccc(/C=C\c2cc(OC)c(OC)c(OC)c2)c(C/C=C\C(=O)c2cc(OC)c(OC)c(OC)c2Br)c1O. The van der Waals surface area contributed by atoms with E-state index in [0.29, 0.717) is 55.8 Å². The molecule has 0 amide bonds. The van der Waals surface area contributed by atoms with Crippen molar-refractivity contribution in [3.05, 3.63) is 69.2 Å². The van der Waals surface area contributed by atoms with E-state index in [0.717, 1.165) is 11.1 Å². The minimum Gasteiger partial charge on any atom is -0.504 e. The number of rotatable bonds is 13. The van der Waals surface area contributed by atoms with Gasteiger partial charge in [-0.3, -0.25) is 4.79 Å². The Kier molecular flexibility index (Phi) is 10.9. The smallest absolute Gasteiger partial charge is 0.204 e. The Labute approximate surface area is 248 Å². The minimum atomic E-state index is -0.298. The molecule has 0 radical (unpaired) electrons. The lowest BCUT2D eigenvalue weighted by Gasteiger charge is -2.15. The van der Waals surface area contributed by atoms with Gasteiger partial charge in [0.15, 0.2) is 40.3 Å². The summed E-state index contributed by atoms with van der Waals surface area (Å²) in [7, 11) is 10.6. The van der Waals surface area contributed by atoms with Gasteiger partial charge in [0.1, 0.15) is 0 Å². The number of hydrogen-bond donors (Lipinski definition) is 1. The summed E-state index contributed by atoms with van der Waals surface area (Å²) in [6.45, 7) is 0. The van der Waals surface area contributed by atoms with Crippen LogP contribution in [0.1, 0.15) is 27.0 Å². The van der Waals surface area contributed by atoms with Crippen LogP contribution >= 0.6 is 15.9 Å². The number of aromatic hydroxyl groups is 1. The third-order valence-electron chi connectivity index (χ3n) is 6.27. The summed E-state index contributed by atoms with van der Waals surface area (Å²) in [4.78, 5) is 13.2. The molecule has 0 aromatic heterocycles. The van der Waals surface area contributed by atoms with Crippen molar-refractivity contribution in [1.82, 2.24) is 0 Å².